The van der Waals surface area contributed by atoms with Crippen molar-refractivity contribution >= 4 is 127 Å². The lowest BCUT2D eigenvalue weighted by Gasteiger charge is -2.17. The van der Waals surface area contributed by atoms with Gasteiger partial charge in [0.05, 0.1) is 52.1 Å². The number of nitrogens with zero attached hydrogens (tertiary/aromatic N) is 4. The highest BCUT2D eigenvalue weighted by Gasteiger charge is 2.27. The number of rotatable bonds is 21. The maximum atomic E-state index is 13.6. The molecule has 16 nitrogen and oxygen atoms in total. The Kier molecular flexibility index (Phi) is 19.6. The molecule has 0 saturated carbocycles. The minimum Gasteiger partial charge on any atom is -0.495 e. The molecule has 5 rings (SSSR count). The van der Waals surface area contributed by atoms with Crippen molar-refractivity contribution < 1.29 is 38.2 Å². The highest BCUT2D eigenvalue weighted by atomic mass is 35.5. The number of methoxy groups -OCH3 is 2. The molecular weight excluding hydrogens is 994 g/mol. The summed E-state index contributed by atoms with van der Waals surface area (Å²) in [5, 5.41) is 25.9. The van der Waals surface area contributed by atoms with E-state index in [9.17, 15) is 28.8 Å². The Bertz CT molecular complexity index is 2820. The molecule has 4 amide bonds. The van der Waals surface area contributed by atoms with Crippen LogP contribution in [-0.4, -0.2) is 73.3 Å². The van der Waals surface area contributed by atoms with E-state index < -0.39 is 52.7 Å². The number of carbonyl (C=O) groups excluding carboxylic acids is 6. The van der Waals surface area contributed by atoms with Gasteiger partial charge >= 0.3 is 0 Å². The first-order chi connectivity index (χ1) is 33.0. The predicted molar refractivity (Wildman–Crippen MR) is 270 cm³/mol. The van der Waals surface area contributed by atoms with E-state index in [-0.39, 0.29) is 43.9 Å². The van der Waals surface area contributed by atoms with Crippen molar-refractivity contribution in [3.8, 4) is 11.5 Å². The van der Waals surface area contributed by atoms with Gasteiger partial charge in [-0.25, -0.2) is 0 Å². The normalized spacial score (nSPS) is 12.5. The van der Waals surface area contributed by atoms with Crippen LogP contribution in [0.2, 0.25) is 10.0 Å². The maximum absolute atomic E-state index is 13.6. The van der Waals surface area contributed by atoms with Crippen molar-refractivity contribution in [1.29, 1.82) is 0 Å². The molecule has 5 aromatic carbocycles. The molecule has 3 unspecified atom stereocenters. The van der Waals surface area contributed by atoms with Gasteiger partial charge in [-0.15, -0.1) is 34.8 Å². The second kappa shape index (κ2) is 25.3. The zero-order chi connectivity index (χ0) is 50.4. The van der Waals surface area contributed by atoms with Crippen LogP contribution >= 0.6 is 58.0 Å². The molecule has 0 aliphatic rings. The third-order valence-electron chi connectivity index (χ3n) is 10.1. The Balaban J connectivity index is 1.28. The smallest absolute Gasteiger partial charge is 0.258 e. The van der Waals surface area contributed by atoms with Gasteiger partial charge in [-0.1, -0.05) is 47.5 Å². The van der Waals surface area contributed by atoms with E-state index in [4.69, 9.17) is 67.5 Å². The highest BCUT2D eigenvalue weighted by molar-refractivity contribution is 6.37. The van der Waals surface area contributed by atoms with Crippen LogP contribution < -0.4 is 30.7 Å². The summed E-state index contributed by atoms with van der Waals surface area (Å²) in [6.45, 7) is 3.91. The van der Waals surface area contributed by atoms with Crippen molar-refractivity contribution in [3.63, 3.8) is 0 Å². The highest BCUT2D eigenvalue weighted by Crippen LogP contribution is 2.35. The molecule has 0 aliphatic heterocycles. The monoisotopic (exact) mass is 1040 g/mol. The van der Waals surface area contributed by atoms with Crippen LogP contribution in [0.4, 0.5) is 34.1 Å². The number of ether oxygens (including phenoxy) is 2. The number of halogens is 5. The maximum Gasteiger partial charge on any atom is 0.258 e. The molecule has 0 fully saturated rings. The number of hydrogen-bond acceptors (Lipinski definition) is 12. The van der Waals surface area contributed by atoms with Gasteiger partial charge in [0.1, 0.15) is 22.9 Å². The summed E-state index contributed by atoms with van der Waals surface area (Å²) in [5.74, 6) is -2.57. The Labute approximate surface area is 422 Å². The van der Waals surface area contributed by atoms with Crippen molar-refractivity contribution in [3.05, 3.63) is 129 Å². The topological polar surface area (TPSA) is 218 Å². The number of ketones is 2. The zero-order valence-corrected chi connectivity index (χ0v) is 41.4. The molecule has 0 saturated heterocycles. The van der Waals surface area contributed by atoms with E-state index in [2.05, 4.69) is 41.7 Å². The standard InChI is InChI=1S/C48H45Cl5N8O8/c1-25(51)33-24-30(54-47(66)43(26(2)62)60-58-37-10-6-8-31(41(37)52)45(64)56-35-15-12-28(18-20-49)22-39(35)68-4)14-17-34(33)55-48(67)44(27(3)63)61-59-38-11-7-9-32(42(38)53)46(65)57-36-16-13-29(19-21-50)23-40(36)69-5/h6-17,22-25,43-44H,18-21H2,1-5H3,(H,54,66)(H,55,67)(H,56,64)(H,57,65). The molecule has 0 heterocycles. The van der Waals surface area contributed by atoms with E-state index in [1.165, 1.54) is 68.8 Å². The first kappa shape index (κ1) is 53.5. The van der Waals surface area contributed by atoms with Crippen LogP contribution in [0, 0.1) is 0 Å². The van der Waals surface area contributed by atoms with Gasteiger partial charge in [0, 0.05) is 23.1 Å². The SMILES string of the molecule is COc1cc(CCCl)ccc1NC(=O)c1cccc(N=NC(C(C)=O)C(=O)Nc2ccc(NC(=O)C(N=Nc3cccc(C(=O)Nc4ccc(CCCl)cc4OC)c3Cl)C(C)=O)c(C(C)Cl)c2)c1Cl. The van der Waals surface area contributed by atoms with Crippen LogP contribution in [0.15, 0.2) is 111 Å². The molecule has 0 spiro atoms. The summed E-state index contributed by atoms with van der Waals surface area (Å²) in [6.07, 6.45) is 1.21. The summed E-state index contributed by atoms with van der Waals surface area (Å²) in [5.41, 5.74) is 3.37. The molecule has 360 valence electrons. The molecule has 4 N–H and O–H groups in total. The first-order valence-corrected chi connectivity index (χ1v) is 23.1. The lowest BCUT2D eigenvalue weighted by Crippen LogP contribution is -2.32. The molecule has 0 bridgehead atoms. The van der Waals surface area contributed by atoms with Crippen LogP contribution in [0.25, 0.3) is 0 Å². The Hall–Kier alpha value is -6.43. The minimum atomic E-state index is -1.65. The van der Waals surface area contributed by atoms with Gasteiger partial charge in [0.25, 0.3) is 23.6 Å². The fourth-order valence-corrected chi connectivity index (χ4v) is 7.62. The van der Waals surface area contributed by atoms with Crippen molar-refractivity contribution in [1.82, 2.24) is 0 Å². The largest absolute Gasteiger partial charge is 0.495 e. The Morgan fingerprint density at radius 3 is 1.42 bits per heavy atom. The Morgan fingerprint density at radius 1 is 0.580 bits per heavy atom. The second-order valence-corrected chi connectivity index (χ2v) is 17.2. The molecule has 69 heavy (non-hydrogen) atoms. The molecule has 0 aliphatic carbocycles. The first-order valence-electron chi connectivity index (χ1n) is 20.9. The van der Waals surface area contributed by atoms with E-state index >= 15 is 0 Å². The molecule has 21 heteroatoms. The number of azo groups is 2. The molecule has 3 atom stereocenters. The lowest BCUT2D eigenvalue weighted by molar-refractivity contribution is -0.127. The Morgan fingerprint density at radius 2 is 1.01 bits per heavy atom. The van der Waals surface area contributed by atoms with E-state index in [0.29, 0.717) is 53.0 Å². The summed E-state index contributed by atoms with van der Waals surface area (Å²) in [7, 11) is 2.94. The van der Waals surface area contributed by atoms with Gasteiger partial charge in [0.15, 0.2) is 11.6 Å². The van der Waals surface area contributed by atoms with Crippen LogP contribution in [0.3, 0.4) is 0 Å². The average Bonchev–Trinajstić information content (AvgIpc) is 3.31. The number of aryl methyl sites for hydroxylation is 2. The third-order valence-corrected chi connectivity index (χ3v) is 11.5. The molecule has 5 aromatic rings. The van der Waals surface area contributed by atoms with Gasteiger partial charge in [-0.3, -0.25) is 28.8 Å². The zero-order valence-electron chi connectivity index (χ0n) is 37.7. The quantitative estimate of drug-likeness (QED) is 0.0314. The third kappa shape index (κ3) is 14.1. The van der Waals surface area contributed by atoms with Gasteiger partial charge in [0.2, 0.25) is 12.1 Å². The number of anilines is 4. The van der Waals surface area contributed by atoms with Crippen LogP contribution in [-0.2, 0) is 32.0 Å². The number of carbonyl (C=O) groups is 6. The van der Waals surface area contributed by atoms with Crippen LogP contribution in [0.1, 0.15) is 63.6 Å². The average molecular weight is 1040 g/mol. The van der Waals surface area contributed by atoms with Crippen molar-refractivity contribution in [2.75, 3.05) is 47.2 Å². The van der Waals surface area contributed by atoms with Gasteiger partial charge in [-0.05, 0) is 117 Å². The number of alkyl halides is 3. The fraction of sp³-hybridized carbons (Fsp3) is 0.250. The summed E-state index contributed by atoms with van der Waals surface area (Å²) in [6, 6.07) is 20.4. The number of amides is 4. The number of hydrogen-bond donors (Lipinski definition) is 4. The van der Waals surface area contributed by atoms with Crippen molar-refractivity contribution in [2.24, 2.45) is 20.5 Å². The molecular formula is C48H45Cl5N8O8. The van der Waals surface area contributed by atoms with Crippen molar-refractivity contribution in [2.45, 2.75) is 51.1 Å². The van der Waals surface area contributed by atoms with Gasteiger partial charge < -0.3 is 30.7 Å². The molecule has 0 radical (unpaired) electrons. The summed E-state index contributed by atoms with van der Waals surface area (Å²) in [4.78, 5) is 79.1. The van der Waals surface area contributed by atoms with Gasteiger partial charge in [-0.2, -0.15) is 20.5 Å². The number of benzene rings is 5. The number of nitrogens with one attached hydrogen (secondary N) is 4. The minimum absolute atomic E-state index is 0.00754. The number of Topliss-reactive ketones (excluding diaryl/α,β-unsaturated/α-hetero) is 2. The van der Waals surface area contributed by atoms with E-state index in [1.807, 2.05) is 0 Å². The fourth-order valence-electron chi connectivity index (χ4n) is 6.50. The van der Waals surface area contributed by atoms with E-state index in [1.54, 1.807) is 43.3 Å². The summed E-state index contributed by atoms with van der Waals surface area (Å²) >= 11 is 31.4. The van der Waals surface area contributed by atoms with E-state index in [0.717, 1.165) is 25.0 Å². The molecule has 0 aromatic heterocycles. The second-order valence-electron chi connectivity index (χ2n) is 15.0. The lowest BCUT2D eigenvalue weighted by atomic mass is 10.1. The summed E-state index contributed by atoms with van der Waals surface area (Å²) < 4.78 is 10.9. The predicted octanol–water partition coefficient (Wildman–Crippen LogP) is 11.7. The van der Waals surface area contributed by atoms with Crippen LogP contribution in [0.5, 0.6) is 11.5 Å².